The van der Waals surface area contributed by atoms with E-state index in [0.29, 0.717) is 12.3 Å². The molecule has 0 radical (unpaired) electrons. The van der Waals surface area contributed by atoms with Gasteiger partial charge in [-0.3, -0.25) is 0 Å². The summed E-state index contributed by atoms with van der Waals surface area (Å²) in [7, 11) is -3.73. The highest BCUT2D eigenvalue weighted by Gasteiger charge is 2.15. The second-order valence-electron chi connectivity index (χ2n) is 5.94. The van der Waals surface area contributed by atoms with Gasteiger partial charge in [0.15, 0.2) is 0 Å². The number of nitrogen functional groups attached to an aromatic ring is 1. The molecular formula is C19H21N3O3S. The van der Waals surface area contributed by atoms with Gasteiger partial charge in [-0.25, -0.2) is 13.6 Å². The number of rotatable bonds is 5. The number of benzene rings is 2. The molecule has 0 aliphatic carbocycles. The van der Waals surface area contributed by atoms with E-state index in [2.05, 4.69) is 0 Å². The van der Waals surface area contributed by atoms with Crippen molar-refractivity contribution in [3.8, 4) is 22.7 Å². The minimum atomic E-state index is -3.73. The van der Waals surface area contributed by atoms with Gasteiger partial charge in [-0.15, -0.1) is 0 Å². The molecule has 0 amide bonds. The number of aromatic nitrogens is 1. The van der Waals surface area contributed by atoms with Crippen LogP contribution in [0.3, 0.4) is 0 Å². The molecule has 1 heterocycles. The predicted octanol–water partition coefficient (Wildman–Crippen LogP) is 3.08. The second-order valence-corrected chi connectivity index (χ2v) is 7.50. The molecule has 0 bridgehead atoms. The number of ether oxygens (including phenoxy) is 1. The number of primary sulfonamides is 1. The van der Waals surface area contributed by atoms with Gasteiger partial charge in [0, 0.05) is 17.4 Å². The maximum atomic E-state index is 11.5. The van der Waals surface area contributed by atoms with Crippen molar-refractivity contribution in [1.82, 2.24) is 4.57 Å². The Hall–Kier alpha value is -2.77. The third-order valence-electron chi connectivity index (χ3n) is 4.13. The van der Waals surface area contributed by atoms with Gasteiger partial charge >= 0.3 is 0 Å². The Morgan fingerprint density at radius 1 is 1.04 bits per heavy atom. The smallest absolute Gasteiger partial charge is 0.238 e. The summed E-state index contributed by atoms with van der Waals surface area (Å²) in [5.41, 5.74) is 10.5. The summed E-state index contributed by atoms with van der Waals surface area (Å²) in [6.07, 6.45) is 1.92. The molecular weight excluding hydrogens is 350 g/mol. The number of nitrogens with two attached hydrogens (primary N) is 2. The zero-order chi connectivity index (χ0) is 18.9. The molecule has 2 aromatic carbocycles. The Morgan fingerprint density at radius 3 is 2.19 bits per heavy atom. The lowest BCUT2D eigenvalue weighted by Gasteiger charge is -2.12. The Kier molecular flexibility index (Phi) is 4.76. The fourth-order valence-electron chi connectivity index (χ4n) is 2.81. The minimum Gasteiger partial charge on any atom is -0.494 e. The third-order valence-corrected chi connectivity index (χ3v) is 5.06. The van der Waals surface area contributed by atoms with Crippen LogP contribution >= 0.6 is 0 Å². The molecule has 0 spiro atoms. The van der Waals surface area contributed by atoms with Crippen LogP contribution in [0.2, 0.25) is 0 Å². The normalized spacial score (nSPS) is 11.5. The number of nitrogens with zero attached hydrogens (tertiary/aromatic N) is 1. The Labute approximate surface area is 153 Å². The van der Waals surface area contributed by atoms with Gasteiger partial charge in [-0.05, 0) is 67.9 Å². The fraction of sp³-hybridized carbons (Fsp3) is 0.158. The number of aryl methyl sites for hydroxylation is 1. The van der Waals surface area contributed by atoms with Crippen molar-refractivity contribution >= 4 is 15.7 Å². The van der Waals surface area contributed by atoms with Crippen molar-refractivity contribution in [2.24, 2.45) is 5.14 Å². The summed E-state index contributed by atoms with van der Waals surface area (Å²) in [5, 5.41) is 5.17. The predicted molar refractivity (Wildman–Crippen MR) is 103 cm³/mol. The molecule has 1 aromatic heterocycles. The van der Waals surface area contributed by atoms with E-state index in [1.54, 1.807) is 12.1 Å². The van der Waals surface area contributed by atoms with Crippen molar-refractivity contribution in [3.05, 3.63) is 60.3 Å². The number of anilines is 1. The van der Waals surface area contributed by atoms with E-state index in [1.165, 1.54) is 12.1 Å². The molecule has 0 aliphatic rings. The highest BCUT2D eigenvalue weighted by Crippen LogP contribution is 2.34. The Morgan fingerprint density at radius 2 is 1.65 bits per heavy atom. The van der Waals surface area contributed by atoms with Gasteiger partial charge in [-0.2, -0.15) is 0 Å². The minimum absolute atomic E-state index is 0.0701. The first kappa shape index (κ1) is 18.0. The van der Waals surface area contributed by atoms with E-state index in [0.717, 1.165) is 28.3 Å². The molecule has 136 valence electrons. The largest absolute Gasteiger partial charge is 0.494 e. The summed E-state index contributed by atoms with van der Waals surface area (Å²) in [6, 6.07) is 14.1. The monoisotopic (exact) mass is 371 g/mol. The van der Waals surface area contributed by atoms with Gasteiger partial charge in [0.1, 0.15) is 5.75 Å². The van der Waals surface area contributed by atoms with Crippen LogP contribution in [0.25, 0.3) is 16.9 Å². The Bertz CT molecular complexity index is 1020. The van der Waals surface area contributed by atoms with E-state index in [9.17, 15) is 8.42 Å². The number of sulfonamides is 1. The highest BCUT2D eigenvalue weighted by atomic mass is 32.2. The van der Waals surface area contributed by atoms with Gasteiger partial charge in [-0.1, -0.05) is 0 Å². The van der Waals surface area contributed by atoms with Gasteiger partial charge < -0.3 is 15.0 Å². The first-order chi connectivity index (χ1) is 12.3. The molecule has 0 saturated carbocycles. The summed E-state index contributed by atoms with van der Waals surface area (Å²) in [5.74, 6) is 0.794. The van der Waals surface area contributed by atoms with Crippen LogP contribution in [-0.4, -0.2) is 19.6 Å². The van der Waals surface area contributed by atoms with E-state index in [4.69, 9.17) is 15.6 Å². The summed E-state index contributed by atoms with van der Waals surface area (Å²) in [6.45, 7) is 4.47. The molecule has 6 nitrogen and oxygen atoms in total. The molecule has 3 rings (SSSR count). The maximum absolute atomic E-state index is 11.5. The first-order valence-electron chi connectivity index (χ1n) is 8.15. The lowest BCUT2D eigenvalue weighted by atomic mass is 10.1. The van der Waals surface area contributed by atoms with Crippen molar-refractivity contribution in [2.45, 2.75) is 18.7 Å². The maximum Gasteiger partial charge on any atom is 0.238 e. The van der Waals surface area contributed by atoms with Crippen LogP contribution in [0.4, 0.5) is 5.69 Å². The van der Waals surface area contributed by atoms with Crippen molar-refractivity contribution in [3.63, 3.8) is 0 Å². The van der Waals surface area contributed by atoms with Crippen LogP contribution < -0.4 is 15.6 Å². The zero-order valence-corrected chi connectivity index (χ0v) is 15.5. The van der Waals surface area contributed by atoms with E-state index >= 15 is 0 Å². The van der Waals surface area contributed by atoms with Crippen LogP contribution in [0.15, 0.2) is 59.6 Å². The van der Waals surface area contributed by atoms with Gasteiger partial charge in [0.25, 0.3) is 0 Å². The fourth-order valence-corrected chi connectivity index (χ4v) is 3.33. The van der Waals surface area contributed by atoms with Crippen LogP contribution in [-0.2, 0) is 10.0 Å². The lowest BCUT2D eigenvalue weighted by Crippen LogP contribution is -2.12. The Balaban J connectivity index is 2.08. The molecule has 4 N–H and O–H groups in total. The van der Waals surface area contributed by atoms with E-state index < -0.39 is 10.0 Å². The van der Waals surface area contributed by atoms with Crippen molar-refractivity contribution in [2.75, 3.05) is 12.3 Å². The molecule has 0 fully saturated rings. The lowest BCUT2D eigenvalue weighted by molar-refractivity contribution is 0.340. The third kappa shape index (κ3) is 3.44. The average molecular weight is 371 g/mol. The van der Waals surface area contributed by atoms with Crippen LogP contribution in [0, 0.1) is 6.92 Å². The zero-order valence-electron chi connectivity index (χ0n) is 14.6. The molecule has 0 saturated heterocycles. The van der Waals surface area contributed by atoms with Crippen LogP contribution in [0.1, 0.15) is 12.5 Å². The number of hydrogen-bond acceptors (Lipinski definition) is 4. The average Bonchev–Trinajstić information content (AvgIpc) is 2.91. The summed E-state index contributed by atoms with van der Waals surface area (Å²) >= 11 is 0. The molecule has 0 aliphatic heterocycles. The number of hydrogen-bond donors (Lipinski definition) is 2. The quantitative estimate of drug-likeness (QED) is 0.720. The highest BCUT2D eigenvalue weighted by molar-refractivity contribution is 7.89. The summed E-state index contributed by atoms with van der Waals surface area (Å²) in [4.78, 5) is 0.0701. The molecule has 0 atom stereocenters. The molecule has 26 heavy (non-hydrogen) atoms. The van der Waals surface area contributed by atoms with Gasteiger partial charge in [0.05, 0.1) is 22.9 Å². The molecule has 7 heteroatoms. The molecule has 0 unspecified atom stereocenters. The SMILES string of the molecule is CCOc1ccc(-c2c(N)c(C)cn2-c2ccc(S(N)(=O)=O)cc2)cc1. The summed E-state index contributed by atoms with van der Waals surface area (Å²) < 4.78 is 30.3. The van der Waals surface area contributed by atoms with Crippen molar-refractivity contribution < 1.29 is 13.2 Å². The van der Waals surface area contributed by atoms with Crippen LogP contribution in [0.5, 0.6) is 5.75 Å². The van der Waals surface area contributed by atoms with E-state index in [-0.39, 0.29) is 4.90 Å². The van der Waals surface area contributed by atoms with Gasteiger partial charge in [0.2, 0.25) is 10.0 Å². The standard InChI is InChI=1S/C19H21N3O3S/c1-3-25-16-8-4-14(5-9-16)19-18(20)13(2)12-22(19)15-6-10-17(11-7-15)26(21,23)24/h4-12H,3,20H2,1-2H3,(H2,21,23,24). The topological polar surface area (TPSA) is 100 Å². The van der Waals surface area contributed by atoms with E-state index in [1.807, 2.05) is 48.9 Å². The first-order valence-corrected chi connectivity index (χ1v) is 9.69. The van der Waals surface area contributed by atoms with Crippen molar-refractivity contribution in [1.29, 1.82) is 0 Å². The molecule has 3 aromatic rings. The second kappa shape index (κ2) is 6.86.